The third-order valence-electron chi connectivity index (χ3n) is 2.25. The third-order valence-corrected chi connectivity index (χ3v) is 2.25. The molecular formula is C11H21N3O3. The molecule has 0 saturated heterocycles. The molecule has 0 aromatic carbocycles. The van der Waals surface area contributed by atoms with Gasteiger partial charge < -0.3 is 15.5 Å². The van der Waals surface area contributed by atoms with Gasteiger partial charge in [-0.15, -0.1) is 0 Å². The first-order valence-electron chi connectivity index (χ1n) is 5.83. The summed E-state index contributed by atoms with van der Waals surface area (Å²) in [5.41, 5.74) is 0. The van der Waals surface area contributed by atoms with Gasteiger partial charge in [-0.3, -0.25) is 14.4 Å². The SMILES string of the molecule is CCCCN(C)C(=O)C(=O)NCCCNC=O. The molecule has 98 valence electrons. The highest BCUT2D eigenvalue weighted by atomic mass is 16.2. The zero-order chi connectivity index (χ0) is 13.1. The van der Waals surface area contributed by atoms with Crippen molar-refractivity contribution in [3.05, 3.63) is 0 Å². The molecule has 0 atom stereocenters. The Labute approximate surface area is 102 Å². The summed E-state index contributed by atoms with van der Waals surface area (Å²) in [6.07, 6.45) is 3.08. The Morgan fingerprint density at radius 1 is 1.24 bits per heavy atom. The van der Waals surface area contributed by atoms with Crippen molar-refractivity contribution in [2.24, 2.45) is 0 Å². The van der Waals surface area contributed by atoms with Crippen molar-refractivity contribution >= 4 is 18.2 Å². The third kappa shape index (κ3) is 7.32. The van der Waals surface area contributed by atoms with E-state index in [0.717, 1.165) is 12.8 Å². The van der Waals surface area contributed by atoms with Crippen molar-refractivity contribution in [2.75, 3.05) is 26.7 Å². The summed E-state index contributed by atoms with van der Waals surface area (Å²) in [6, 6.07) is 0. The molecule has 0 spiro atoms. The van der Waals surface area contributed by atoms with Crippen LogP contribution in [0.1, 0.15) is 26.2 Å². The van der Waals surface area contributed by atoms with Gasteiger partial charge in [0.15, 0.2) is 0 Å². The second-order valence-corrected chi connectivity index (χ2v) is 3.76. The number of nitrogens with zero attached hydrogens (tertiary/aromatic N) is 1. The van der Waals surface area contributed by atoms with E-state index >= 15 is 0 Å². The van der Waals surface area contributed by atoms with Crippen LogP contribution in [0.5, 0.6) is 0 Å². The van der Waals surface area contributed by atoms with E-state index in [1.165, 1.54) is 4.90 Å². The van der Waals surface area contributed by atoms with Gasteiger partial charge >= 0.3 is 11.8 Å². The molecule has 2 N–H and O–H groups in total. The lowest BCUT2D eigenvalue weighted by Crippen LogP contribution is -2.42. The molecule has 0 bridgehead atoms. The molecule has 0 aliphatic rings. The molecule has 0 aliphatic heterocycles. The van der Waals surface area contributed by atoms with Crippen molar-refractivity contribution in [1.82, 2.24) is 15.5 Å². The number of amides is 3. The quantitative estimate of drug-likeness (QED) is 0.342. The van der Waals surface area contributed by atoms with Gasteiger partial charge in [0.2, 0.25) is 6.41 Å². The molecule has 0 unspecified atom stereocenters. The van der Waals surface area contributed by atoms with E-state index in [1.807, 2.05) is 6.92 Å². The molecule has 6 nitrogen and oxygen atoms in total. The Morgan fingerprint density at radius 3 is 2.53 bits per heavy atom. The van der Waals surface area contributed by atoms with Crippen molar-refractivity contribution in [2.45, 2.75) is 26.2 Å². The van der Waals surface area contributed by atoms with Crippen LogP contribution in [0.4, 0.5) is 0 Å². The highest BCUT2D eigenvalue weighted by molar-refractivity contribution is 6.34. The van der Waals surface area contributed by atoms with Crippen molar-refractivity contribution in [3.8, 4) is 0 Å². The number of hydrogen-bond acceptors (Lipinski definition) is 3. The number of nitrogens with one attached hydrogen (secondary N) is 2. The molecular weight excluding hydrogens is 222 g/mol. The van der Waals surface area contributed by atoms with E-state index in [-0.39, 0.29) is 0 Å². The first kappa shape index (κ1) is 15.4. The summed E-state index contributed by atoms with van der Waals surface area (Å²) in [7, 11) is 1.62. The van der Waals surface area contributed by atoms with Gasteiger partial charge in [0.05, 0.1) is 0 Å². The Morgan fingerprint density at radius 2 is 1.94 bits per heavy atom. The van der Waals surface area contributed by atoms with E-state index in [9.17, 15) is 14.4 Å². The maximum atomic E-state index is 11.5. The Bertz CT molecular complexity index is 256. The standard InChI is InChI=1S/C11H21N3O3/c1-3-4-8-14(2)11(17)10(16)13-7-5-6-12-9-15/h9H,3-8H2,1-2H3,(H,12,15)(H,13,16). The second kappa shape index (κ2) is 9.62. The number of unbranched alkanes of at least 4 members (excludes halogenated alkanes) is 1. The molecule has 0 heterocycles. The summed E-state index contributed by atoms with van der Waals surface area (Å²) in [4.78, 5) is 34.3. The fourth-order valence-electron chi connectivity index (χ4n) is 1.20. The predicted molar refractivity (Wildman–Crippen MR) is 64.2 cm³/mol. The molecule has 6 heteroatoms. The maximum Gasteiger partial charge on any atom is 0.311 e. The summed E-state index contributed by atoms with van der Waals surface area (Å²) in [6.45, 7) is 3.49. The van der Waals surface area contributed by atoms with Crippen LogP contribution >= 0.6 is 0 Å². The van der Waals surface area contributed by atoms with E-state index in [1.54, 1.807) is 7.05 Å². The number of carbonyl (C=O) groups excluding carboxylic acids is 3. The minimum atomic E-state index is -0.588. The zero-order valence-corrected chi connectivity index (χ0v) is 10.5. The Hall–Kier alpha value is -1.59. The van der Waals surface area contributed by atoms with E-state index in [0.29, 0.717) is 32.5 Å². The normalized spacial score (nSPS) is 9.53. The van der Waals surface area contributed by atoms with Crippen LogP contribution in [-0.2, 0) is 14.4 Å². The van der Waals surface area contributed by atoms with Gasteiger partial charge in [0.25, 0.3) is 0 Å². The Balaban J connectivity index is 3.73. The molecule has 0 rings (SSSR count). The largest absolute Gasteiger partial charge is 0.359 e. The molecule has 0 aromatic heterocycles. The van der Waals surface area contributed by atoms with Gasteiger partial charge in [-0.05, 0) is 12.8 Å². The van der Waals surface area contributed by atoms with Crippen molar-refractivity contribution < 1.29 is 14.4 Å². The maximum absolute atomic E-state index is 11.5. The number of hydrogen-bond donors (Lipinski definition) is 2. The fourth-order valence-corrected chi connectivity index (χ4v) is 1.20. The summed E-state index contributed by atoms with van der Waals surface area (Å²) in [5.74, 6) is -1.10. The molecule has 3 amide bonds. The van der Waals surface area contributed by atoms with E-state index < -0.39 is 11.8 Å². The van der Waals surface area contributed by atoms with Gasteiger partial charge in [-0.1, -0.05) is 13.3 Å². The van der Waals surface area contributed by atoms with Crippen LogP contribution < -0.4 is 10.6 Å². The summed E-state index contributed by atoms with van der Waals surface area (Å²) >= 11 is 0. The lowest BCUT2D eigenvalue weighted by atomic mass is 10.3. The highest BCUT2D eigenvalue weighted by Crippen LogP contribution is 1.92. The van der Waals surface area contributed by atoms with Crippen LogP contribution in [0, 0.1) is 0 Å². The van der Waals surface area contributed by atoms with E-state index in [2.05, 4.69) is 10.6 Å². The second-order valence-electron chi connectivity index (χ2n) is 3.76. The van der Waals surface area contributed by atoms with Gasteiger partial charge in [0.1, 0.15) is 0 Å². The molecule has 0 radical (unpaired) electrons. The monoisotopic (exact) mass is 243 g/mol. The Kier molecular flexibility index (Phi) is 8.72. The lowest BCUT2D eigenvalue weighted by Gasteiger charge is -2.15. The number of likely N-dealkylation sites (N-methyl/N-ethyl adjacent to an activating group) is 1. The average molecular weight is 243 g/mol. The fraction of sp³-hybridized carbons (Fsp3) is 0.727. The average Bonchev–Trinajstić information content (AvgIpc) is 2.34. The summed E-state index contributed by atoms with van der Waals surface area (Å²) < 4.78 is 0. The van der Waals surface area contributed by atoms with Crippen LogP contribution in [0.15, 0.2) is 0 Å². The van der Waals surface area contributed by atoms with Gasteiger partial charge in [-0.25, -0.2) is 0 Å². The minimum absolute atomic E-state index is 0.382. The number of carbonyl (C=O) groups is 3. The van der Waals surface area contributed by atoms with Crippen molar-refractivity contribution in [1.29, 1.82) is 0 Å². The molecule has 0 saturated carbocycles. The van der Waals surface area contributed by atoms with Crippen LogP contribution in [0.3, 0.4) is 0 Å². The first-order chi connectivity index (χ1) is 8.13. The van der Waals surface area contributed by atoms with Gasteiger partial charge in [0, 0.05) is 26.7 Å². The smallest absolute Gasteiger partial charge is 0.311 e. The topological polar surface area (TPSA) is 78.5 Å². The molecule has 0 aromatic rings. The van der Waals surface area contributed by atoms with Crippen LogP contribution in [0.25, 0.3) is 0 Å². The van der Waals surface area contributed by atoms with E-state index in [4.69, 9.17) is 0 Å². The highest BCUT2D eigenvalue weighted by Gasteiger charge is 2.16. The van der Waals surface area contributed by atoms with Crippen LogP contribution in [-0.4, -0.2) is 49.8 Å². The summed E-state index contributed by atoms with van der Waals surface area (Å²) in [5, 5.41) is 4.99. The van der Waals surface area contributed by atoms with Crippen LogP contribution in [0.2, 0.25) is 0 Å². The van der Waals surface area contributed by atoms with Crippen molar-refractivity contribution in [3.63, 3.8) is 0 Å². The number of rotatable bonds is 8. The molecule has 17 heavy (non-hydrogen) atoms. The van der Waals surface area contributed by atoms with Gasteiger partial charge in [-0.2, -0.15) is 0 Å². The lowest BCUT2D eigenvalue weighted by molar-refractivity contribution is -0.145. The molecule has 0 aliphatic carbocycles. The minimum Gasteiger partial charge on any atom is -0.359 e. The molecule has 0 fully saturated rings. The zero-order valence-electron chi connectivity index (χ0n) is 10.5. The predicted octanol–water partition coefficient (Wildman–Crippen LogP) is -0.503. The first-order valence-corrected chi connectivity index (χ1v) is 5.83.